The molecule has 7 heteroatoms. The first-order valence-electron chi connectivity index (χ1n) is 10.3. The van der Waals surface area contributed by atoms with Gasteiger partial charge in [-0.2, -0.15) is 5.10 Å². The van der Waals surface area contributed by atoms with Crippen molar-refractivity contribution in [3.05, 3.63) is 82.3 Å². The Labute approximate surface area is 185 Å². The molecule has 0 fully saturated rings. The summed E-state index contributed by atoms with van der Waals surface area (Å²) in [6, 6.07) is 18.1. The van der Waals surface area contributed by atoms with E-state index in [1.807, 2.05) is 43.3 Å². The molecule has 1 amide bonds. The summed E-state index contributed by atoms with van der Waals surface area (Å²) in [6.45, 7) is 7.85. The van der Waals surface area contributed by atoms with Gasteiger partial charge in [0.25, 0.3) is 5.91 Å². The third-order valence-corrected chi connectivity index (χ3v) is 5.04. The van der Waals surface area contributed by atoms with Crippen LogP contribution in [0.5, 0.6) is 5.75 Å². The second kappa shape index (κ2) is 8.34. The summed E-state index contributed by atoms with van der Waals surface area (Å²) in [4.78, 5) is 24.3. The maximum absolute atomic E-state index is 12.6. The molecule has 164 valence electrons. The zero-order chi connectivity index (χ0) is 22.9. The maximum atomic E-state index is 12.6. The lowest BCUT2D eigenvalue weighted by atomic mass is 9.92. The molecule has 0 aliphatic heterocycles. The summed E-state index contributed by atoms with van der Waals surface area (Å²) in [5, 5.41) is 8.41. The van der Waals surface area contributed by atoms with Gasteiger partial charge in [0.1, 0.15) is 17.2 Å². The lowest BCUT2D eigenvalue weighted by Crippen LogP contribution is -2.21. The highest BCUT2D eigenvalue weighted by Gasteiger charge is 2.21. The number of rotatable bonds is 5. The summed E-state index contributed by atoms with van der Waals surface area (Å²) >= 11 is 0. The van der Waals surface area contributed by atoms with Gasteiger partial charge in [-0.05, 0) is 36.8 Å². The number of benzene rings is 2. The lowest BCUT2D eigenvalue weighted by molar-refractivity contribution is -0.118. The van der Waals surface area contributed by atoms with Crippen molar-refractivity contribution in [1.29, 1.82) is 0 Å². The summed E-state index contributed by atoms with van der Waals surface area (Å²) in [5.74, 6) is 0.677. The zero-order valence-electron chi connectivity index (χ0n) is 18.5. The smallest absolute Gasteiger partial charge is 0.336 e. The average Bonchev–Trinajstić information content (AvgIpc) is 3.17. The monoisotopic (exact) mass is 431 g/mol. The zero-order valence-corrected chi connectivity index (χ0v) is 18.5. The number of hydrogen-bond acceptors (Lipinski definition) is 5. The largest absolute Gasteiger partial charge is 0.484 e. The number of nitrogens with zero attached hydrogens (tertiary/aromatic N) is 2. The van der Waals surface area contributed by atoms with Crippen molar-refractivity contribution in [2.45, 2.75) is 33.1 Å². The van der Waals surface area contributed by atoms with Gasteiger partial charge in [-0.15, -0.1) is 0 Å². The molecule has 0 radical (unpaired) electrons. The molecule has 7 nitrogen and oxygen atoms in total. The average molecular weight is 431 g/mol. The third kappa shape index (κ3) is 4.56. The van der Waals surface area contributed by atoms with Gasteiger partial charge >= 0.3 is 5.63 Å². The molecule has 2 aromatic carbocycles. The van der Waals surface area contributed by atoms with Crippen molar-refractivity contribution >= 4 is 22.7 Å². The molecular weight excluding hydrogens is 406 g/mol. The number of ether oxygens (including phenoxy) is 1. The van der Waals surface area contributed by atoms with E-state index in [0.29, 0.717) is 17.2 Å². The van der Waals surface area contributed by atoms with Crippen molar-refractivity contribution < 1.29 is 13.9 Å². The molecule has 0 saturated carbocycles. The predicted molar refractivity (Wildman–Crippen MR) is 124 cm³/mol. The Bertz CT molecular complexity index is 1330. The number of nitrogens with one attached hydrogen (secondary N) is 1. The summed E-state index contributed by atoms with van der Waals surface area (Å²) in [6.07, 6.45) is 0. The molecule has 4 aromatic rings. The van der Waals surface area contributed by atoms with Crippen molar-refractivity contribution in [3.8, 4) is 11.4 Å². The number of anilines is 1. The van der Waals surface area contributed by atoms with Gasteiger partial charge in [-0.3, -0.25) is 4.79 Å². The van der Waals surface area contributed by atoms with Gasteiger partial charge in [0.2, 0.25) is 0 Å². The quantitative estimate of drug-likeness (QED) is 0.467. The summed E-state index contributed by atoms with van der Waals surface area (Å²) < 4.78 is 12.6. The molecule has 0 aliphatic rings. The minimum Gasteiger partial charge on any atom is -0.484 e. The molecule has 2 aromatic heterocycles. The van der Waals surface area contributed by atoms with E-state index in [4.69, 9.17) is 14.3 Å². The van der Waals surface area contributed by atoms with Crippen LogP contribution in [0.1, 0.15) is 32.0 Å². The molecule has 1 N–H and O–H groups in total. The highest BCUT2D eigenvalue weighted by atomic mass is 16.5. The molecule has 32 heavy (non-hydrogen) atoms. The van der Waals surface area contributed by atoms with E-state index in [2.05, 4.69) is 26.1 Å². The van der Waals surface area contributed by atoms with Gasteiger partial charge in [0.05, 0.1) is 11.4 Å². The van der Waals surface area contributed by atoms with Crippen LogP contribution in [0.3, 0.4) is 0 Å². The van der Waals surface area contributed by atoms with E-state index in [9.17, 15) is 9.59 Å². The Morgan fingerprint density at radius 2 is 1.84 bits per heavy atom. The Morgan fingerprint density at radius 3 is 2.56 bits per heavy atom. The van der Waals surface area contributed by atoms with Crippen LogP contribution in [0.2, 0.25) is 0 Å². The number of aryl methyl sites for hydroxylation is 1. The summed E-state index contributed by atoms with van der Waals surface area (Å²) in [5.41, 5.74) is 2.35. The second-order valence-corrected chi connectivity index (χ2v) is 8.66. The number of hydrogen-bond donors (Lipinski definition) is 1. The fourth-order valence-electron chi connectivity index (χ4n) is 3.33. The van der Waals surface area contributed by atoms with Crippen LogP contribution in [0.4, 0.5) is 5.82 Å². The fourth-order valence-corrected chi connectivity index (χ4v) is 3.33. The van der Waals surface area contributed by atoms with Gasteiger partial charge in [0.15, 0.2) is 6.61 Å². The second-order valence-electron chi connectivity index (χ2n) is 8.66. The fraction of sp³-hybridized carbons (Fsp3) is 0.240. The van der Waals surface area contributed by atoms with E-state index in [-0.39, 0.29) is 17.9 Å². The Morgan fingerprint density at radius 1 is 1.09 bits per heavy atom. The Kier molecular flexibility index (Phi) is 5.57. The highest BCUT2D eigenvalue weighted by Crippen LogP contribution is 2.26. The van der Waals surface area contributed by atoms with Crippen LogP contribution in [0, 0.1) is 6.92 Å². The van der Waals surface area contributed by atoms with Crippen molar-refractivity contribution in [2.24, 2.45) is 0 Å². The van der Waals surface area contributed by atoms with Gasteiger partial charge in [-0.1, -0.05) is 39.0 Å². The normalized spacial score (nSPS) is 11.5. The number of fused-ring (bicyclic) bond motifs is 1. The van der Waals surface area contributed by atoms with Crippen LogP contribution in [0.15, 0.2) is 69.9 Å². The van der Waals surface area contributed by atoms with E-state index >= 15 is 0 Å². The summed E-state index contributed by atoms with van der Waals surface area (Å²) in [7, 11) is 0. The van der Waals surface area contributed by atoms with Gasteiger partial charge in [-0.25, -0.2) is 9.48 Å². The number of aromatic nitrogens is 2. The van der Waals surface area contributed by atoms with Crippen LogP contribution < -0.4 is 15.7 Å². The first-order valence-corrected chi connectivity index (χ1v) is 10.3. The van der Waals surface area contributed by atoms with Crippen LogP contribution >= 0.6 is 0 Å². The topological polar surface area (TPSA) is 86.4 Å². The number of carbonyl (C=O) groups is 1. The predicted octanol–water partition coefficient (Wildman–Crippen LogP) is 4.60. The minimum absolute atomic E-state index is 0.177. The van der Waals surface area contributed by atoms with E-state index in [1.54, 1.807) is 22.9 Å². The SMILES string of the molecule is Cc1cc(=O)oc2cc(OCC(=O)Nc3cc(C(C)(C)C)nn3-c3ccccc3)ccc12. The van der Waals surface area contributed by atoms with Gasteiger partial charge in [0, 0.05) is 29.0 Å². The lowest BCUT2D eigenvalue weighted by Gasteiger charge is -2.14. The molecule has 2 heterocycles. The first kappa shape index (κ1) is 21.4. The molecular formula is C25H25N3O4. The standard InChI is InChI=1S/C25H25N3O4/c1-16-12-24(30)32-20-13-18(10-11-19(16)20)31-15-23(29)26-22-14-21(25(2,3)4)27-28(22)17-8-6-5-7-9-17/h5-14H,15H2,1-4H3,(H,26,29). The van der Waals surface area contributed by atoms with Gasteiger partial charge < -0.3 is 14.5 Å². The maximum Gasteiger partial charge on any atom is 0.336 e. The molecule has 4 rings (SSSR count). The van der Waals surface area contributed by atoms with Crippen LogP contribution in [-0.2, 0) is 10.2 Å². The molecule has 0 aliphatic carbocycles. The van der Waals surface area contributed by atoms with E-state index in [1.165, 1.54) is 6.07 Å². The molecule has 0 unspecified atom stereocenters. The molecule has 0 atom stereocenters. The van der Waals surface area contributed by atoms with Crippen LogP contribution in [0.25, 0.3) is 16.7 Å². The van der Waals surface area contributed by atoms with Crippen molar-refractivity contribution in [2.75, 3.05) is 11.9 Å². The highest BCUT2D eigenvalue weighted by molar-refractivity contribution is 5.91. The number of carbonyl (C=O) groups excluding carboxylic acids is 1. The van der Waals surface area contributed by atoms with E-state index < -0.39 is 5.63 Å². The van der Waals surface area contributed by atoms with Crippen LogP contribution in [-0.4, -0.2) is 22.3 Å². The molecule has 0 spiro atoms. The number of amides is 1. The Balaban J connectivity index is 1.52. The molecule has 0 saturated heterocycles. The third-order valence-electron chi connectivity index (χ3n) is 5.04. The van der Waals surface area contributed by atoms with E-state index in [0.717, 1.165) is 22.3 Å². The van der Waals surface area contributed by atoms with Crippen molar-refractivity contribution in [1.82, 2.24) is 9.78 Å². The number of para-hydroxylation sites is 1. The minimum atomic E-state index is -0.422. The Hall–Kier alpha value is -3.87. The van der Waals surface area contributed by atoms with Crippen molar-refractivity contribution in [3.63, 3.8) is 0 Å². The molecule has 0 bridgehead atoms. The first-order chi connectivity index (χ1) is 15.2.